The van der Waals surface area contributed by atoms with Gasteiger partial charge >= 0.3 is 5.97 Å². The van der Waals surface area contributed by atoms with Gasteiger partial charge in [-0.15, -0.1) is 0 Å². The number of carbonyl (C=O) groups is 1. The molecule has 11 nitrogen and oxygen atoms in total. The van der Waals surface area contributed by atoms with Crippen molar-refractivity contribution < 1.29 is 24.1 Å². The van der Waals surface area contributed by atoms with Crippen LogP contribution in [0.15, 0.2) is 30.7 Å². The Hall–Kier alpha value is -3.41. The Kier molecular flexibility index (Phi) is 8.93. The molecule has 0 bridgehead atoms. The highest BCUT2D eigenvalue weighted by Crippen LogP contribution is 2.35. The molecule has 2 aromatic heterocycles. The van der Waals surface area contributed by atoms with Crippen LogP contribution in [-0.4, -0.2) is 84.0 Å². The summed E-state index contributed by atoms with van der Waals surface area (Å²) >= 11 is 0. The third kappa shape index (κ3) is 6.84. The minimum atomic E-state index is -1.06. The van der Waals surface area contributed by atoms with E-state index in [4.69, 9.17) is 19.3 Å². The summed E-state index contributed by atoms with van der Waals surface area (Å²) in [5.41, 5.74) is 2.53. The van der Waals surface area contributed by atoms with E-state index in [1.807, 2.05) is 19.3 Å². The van der Waals surface area contributed by atoms with E-state index in [2.05, 4.69) is 37.5 Å². The Morgan fingerprint density at radius 1 is 1.28 bits per heavy atom. The predicted molar refractivity (Wildman–Crippen MR) is 136 cm³/mol. The van der Waals surface area contributed by atoms with Crippen molar-refractivity contribution in [1.29, 1.82) is 0 Å². The largest absolute Gasteiger partial charge is 0.486 e. The average Bonchev–Trinajstić information content (AvgIpc) is 3.28. The smallest absolute Gasteiger partial charge is 0.341 e. The number of benzene rings is 1. The van der Waals surface area contributed by atoms with E-state index < -0.39 is 12.6 Å². The minimum absolute atomic E-state index is 0.00117. The van der Waals surface area contributed by atoms with Crippen molar-refractivity contribution in [2.24, 2.45) is 0 Å². The van der Waals surface area contributed by atoms with Gasteiger partial charge in [0, 0.05) is 37.3 Å². The zero-order valence-corrected chi connectivity index (χ0v) is 20.7. The van der Waals surface area contributed by atoms with Gasteiger partial charge in [-0.25, -0.2) is 14.8 Å². The highest BCUT2D eigenvalue weighted by Gasteiger charge is 2.19. The summed E-state index contributed by atoms with van der Waals surface area (Å²) in [4.78, 5) is 25.5. The molecule has 1 aromatic carbocycles. The number of nitrogens with zero attached hydrogens (tertiary/aromatic N) is 3. The summed E-state index contributed by atoms with van der Waals surface area (Å²) in [6.45, 7) is 3.49. The molecular weight excluding hydrogens is 464 g/mol. The summed E-state index contributed by atoms with van der Waals surface area (Å²) in [5.74, 6) is 0.464. The number of fused-ring (bicyclic) bond motifs is 1. The van der Waals surface area contributed by atoms with Gasteiger partial charge in [0.25, 0.3) is 0 Å². The maximum absolute atomic E-state index is 11.1. The first-order chi connectivity index (χ1) is 17.5. The van der Waals surface area contributed by atoms with Crippen molar-refractivity contribution in [3.05, 3.63) is 36.3 Å². The summed E-state index contributed by atoms with van der Waals surface area (Å²) in [6.07, 6.45) is 6.07. The van der Waals surface area contributed by atoms with Crippen molar-refractivity contribution in [2.45, 2.75) is 31.9 Å². The number of anilines is 2. The first-order valence-electron chi connectivity index (χ1n) is 12.2. The molecule has 4 N–H and O–H groups in total. The van der Waals surface area contributed by atoms with E-state index in [0.29, 0.717) is 36.2 Å². The molecule has 11 heteroatoms. The highest BCUT2D eigenvalue weighted by atomic mass is 16.5. The molecule has 0 aliphatic carbocycles. The third-order valence-corrected chi connectivity index (χ3v) is 5.98. The fourth-order valence-electron chi connectivity index (χ4n) is 4.19. The number of carboxylic acid groups (broad SMARTS) is 1. The number of ether oxygens (including phenoxy) is 3. The molecule has 1 aliphatic rings. The number of hydrogen-bond acceptors (Lipinski definition) is 9. The van der Waals surface area contributed by atoms with Gasteiger partial charge in [0.1, 0.15) is 23.9 Å². The Balaban J connectivity index is 1.55. The lowest BCUT2D eigenvalue weighted by molar-refractivity contribution is -0.139. The number of nitrogens with one attached hydrogen (secondary N) is 3. The second-order valence-electron chi connectivity index (χ2n) is 8.85. The number of aromatic amines is 1. The molecule has 0 amide bonds. The molecule has 3 heterocycles. The molecule has 4 rings (SSSR count). The van der Waals surface area contributed by atoms with Crippen LogP contribution in [0.5, 0.6) is 11.5 Å². The van der Waals surface area contributed by atoms with Crippen molar-refractivity contribution in [2.75, 3.05) is 52.3 Å². The van der Waals surface area contributed by atoms with Gasteiger partial charge in [-0.1, -0.05) is 0 Å². The van der Waals surface area contributed by atoms with Crippen LogP contribution >= 0.6 is 0 Å². The van der Waals surface area contributed by atoms with Crippen LogP contribution in [0.2, 0.25) is 0 Å². The molecular formula is C25H34N6O5. The molecule has 3 aromatic rings. The maximum Gasteiger partial charge on any atom is 0.341 e. The number of aromatic nitrogens is 3. The lowest BCUT2D eigenvalue weighted by atomic mass is 10.1. The molecule has 1 fully saturated rings. The standard InChI is InChI=1S/C25H34N6O5/c1-26-8-3-9-31(2)14-17-13-27-24-23(17)25(29-16-28-24)30-18-4-5-20(21(12-18)35-15-22(32)33)36-19-6-10-34-11-7-19/h4-5,12-13,16,19,26H,3,6-11,14-15H2,1-2H3,(H,32,33)(H2,27,28,29,30). The average molecular weight is 499 g/mol. The number of carboxylic acids is 1. The van der Waals surface area contributed by atoms with E-state index in [9.17, 15) is 4.79 Å². The van der Waals surface area contributed by atoms with Gasteiger partial charge in [-0.05, 0) is 51.3 Å². The third-order valence-electron chi connectivity index (χ3n) is 5.98. The SMILES string of the molecule is CNCCCN(C)Cc1c[nH]c2ncnc(Nc3ccc(OC4CCOCC4)c(OCC(=O)O)c3)c12. The van der Waals surface area contributed by atoms with Crippen molar-refractivity contribution in [1.82, 2.24) is 25.2 Å². The van der Waals surface area contributed by atoms with Gasteiger partial charge in [0.15, 0.2) is 18.1 Å². The van der Waals surface area contributed by atoms with E-state index in [1.54, 1.807) is 12.1 Å². The Morgan fingerprint density at radius 2 is 2.11 bits per heavy atom. The molecule has 0 radical (unpaired) electrons. The van der Waals surface area contributed by atoms with Gasteiger partial charge in [0.05, 0.1) is 18.6 Å². The fourth-order valence-corrected chi connectivity index (χ4v) is 4.19. The van der Waals surface area contributed by atoms with Crippen LogP contribution in [0, 0.1) is 0 Å². The van der Waals surface area contributed by atoms with E-state index in [1.165, 1.54) is 6.33 Å². The first kappa shape index (κ1) is 25.7. The van der Waals surface area contributed by atoms with Crippen LogP contribution < -0.4 is 20.1 Å². The second kappa shape index (κ2) is 12.5. The monoisotopic (exact) mass is 498 g/mol. The van der Waals surface area contributed by atoms with Crippen molar-refractivity contribution in [3.63, 3.8) is 0 Å². The van der Waals surface area contributed by atoms with Crippen molar-refractivity contribution >= 4 is 28.5 Å². The van der Waals surface area contributed by atoms with Crippen molar-refractivity contribution in [3.8, 4) is 11.5 Å². The Labute approximate surface area is 210 Å². The summed E-state index contributed by atoms with van der Waals surface area (Å²) in [6, 6.07) is 5.40. The number of aliphatic carboxylic acids is 1. The quantitative estimate of drug-likeness (QED) is 0.261. The first-order valence-corrected chi connectivity index (χ1v) is 12.2. The van der Waals surface area contributed by atoms with Gasteiger partial charge < -0.3 is 39.8 Å². The van der Waals surface area contributed by atoms with Crippen LogP contribution in [0.3, 0.4) is 0 Å². The minimum Gasteiger partial charge on any atom is -0.486 e. The lowest BCUT2D eigenvalue weighted by Gasteiger charge is -2.24. The van der Waals surface area contributed by atoms with Crippen LogP contribution in [0.1, 0.15) is 24.8 Å². The van der Waals surface area contributed by atoms with Crippen LogP contribution in [0.25, 0.3) is 11.0 Å². The summed E-state index contributed by atoms with van der Waals surface area (Å²) in [5, 5.41) is 16.6. The zero-order valence-electron chi connectivity index (χ0n) is 20.7. The summed E-state index contributed by atoms with van der Waals surface area (Å²) in [7, 11) is 4.05. The molecule has 0 spiro atoms. The molecule has 36 heavy (non-hydrogen) atoms. The predicted octanol–water partition coefficient (Wildman–Crippen LogP) is 2.76. The maximum atomic E-state index is 11.1. The van der Waals surface area contributed by atoms with Crippen LogP contribution in [0.4, 0.5) is 11.5 Å². The second-order valence-corrected chi connectivity index (χ2v) is 8.85. The normalized spacial score (nSPS) is 14.3. The van der Waals surface area contributed by atoms with E-state index in [0.717, 1.165) is 55.5 Å². The Morgan fingerprint density at radius 3 is 2.89 bits per heavy atom. The number of hydrogen-bond donors (Lipinski definition) is 4. The van der Waals surface area contributed by atoms with E-state index in [-0.39, 0.29) is 6.10 Å². The van der Waals surface area contributed by atoms with E-state index >= 15 is 0 Å². The number of H-pyrrole nitrogens is 1. The van der Waals surface area contributed by atoms with Gasteiger partial charge in [0.2, 0.25) is 0 Å². The topological polar surface area (TPSA) is 134 Å². The summed E-state index contributed by atoms with van der Waals surface area (Å²) < 4.78 is 17.1. The molecule has 1 saturated heterocycles. The lowest BCUT2D eigenvalue weighted by Crippen LogP contribution is -2.26. The molecule has 0 saturated carbocycles. The molecule has 1 aliphatic heterocycles. The zero-order chi connectivity index (χ0) is 25.3. The molecule has 194 valence electrons. The van der Waals surface area contributed by atoms with Crippen LogP contribution in [-0.2, 0) is 16.1 Å². The number of rotatable bonds is 13. The highest BCUT2D eigenvalue weighted by molar-refractivity contribution is 5.92. The van der Waals surface area contributed by atoms with Gasteiger partial charge in [-0.3, -0.25) is 0 Å². The molecule has 0 unspecified atom stereocenters. The molecule has 0 atom stereocenters. The Bertz CT molecular complexity index is 1150. The van der Waals surface area contributed by atoms with Gasteiger partial charge in [-0.2, -0.15) is 0 Å². The fraction of sp³-hybridized carbons (Fsp3) is 0.480.